The fourth-order valence-electron chi connectivity index (χ4n) is 0.666. The average molecular weight is 188 g/mol. The first kappa shape index (κ1) is 11.7. The number of carbonyl (C=O) groups is 2. The molecule has 76 valence electrons. The van der Waals surface area contributed by atoms with Crippen LogP contribution in [0.15, 0.2) is 0 Å². The third kappa shape index (κ3) is 7.11. The molecule has 5 nitrogen and oxygen atoms in total. The zero-order valence-electron chi connectivity index (χ0n) is 8.05. The number of nitrogens with one attached hydrogen (secondary N) is 2. The van der Waals surface area contributed by atoms with Gasteiger partial charge in [-0.2, -0.15) is 0 Å². The molecule has 2 amide bonds. The van der Waals surface area contributed by atoms with Crippen LogP contribution in [0.4, 0.5) is 4.79 Å². The lowest BCUT2D eigenvalue weighted by molar-refractivity contribution is -0.139. The lowest BCUT2D eigenvalue weighted by Gasteiger charge is -2.05. The van der Waals surface area contributed by atoms with E-state index in [1.165, 1.54) is 7.11 Å². The molecular weight excluding hydrogens is 172 g/mol. The second-order valence-corrected chi connectivity index (χ2v) is 2.54. The van der Waals surface area contributed by atoms with E-state index in [-0.39, 0.29) is 12.6 Å². The Bertz CT molecular complexity index is 171. The van der Waals surface area contributed by atoms with Gasteiger partial charge in [-0.1, -0.05) is 13.3 Å². The van der Waals surface area contributed by atoms with Crippen LogP contribution in [0.1, 0.15) is 19.8 Å². The van der Waals surface area contributed by atoms with E-state index in [0.29, 0.717) is 6.54 Å². The van der Waals surface area contributed by atoms with Crippen molar-refractivity contribution < 1.29 is 14.3 Å². The van der Waals surface area contributed by atoms with Gasteiger partial charge in [-0.15, -0.1) is 0 Å². The number of carbonyl (C=O) groups excluding carboxylic acids is 2. The molecule has 0 saturated carbocycles. The van der Waals surface area contributed by atoms with Crippen molar-refractivity contribution in [3.8, 4) is 0 Å². The van der Waals surface area contributed by atoms with Gasteiger partial charge in [0.15, 0.2) is 0 Å². The normalized spacial score (nSPS) is 9.08. The summed E-state index contributed by atoms with van der Waals surface area (Å²) in [5, 5.41) is 4.97. The molecule has 0 unspecified atom stereocenters. The molecule has 0 aliphatic carbocycles. The zero-order chi connectivity index (χ0) is 10.1. The molecule has 0 atom stereocenters. The number of hydrogen-bond acceptors (Lipinski definition) is 3. The number of amides is 2. The summed E-state index contributed by atoms with van der Waals surface area (Å²) in [7, 11) is 1.28. The summed E-state index contributed by atoms with van der Waals surface area (Å²) in [4.78, 5) is 21.5. The van der Waals surface area contributed by atoms with Crippen LogP contribution < -0.4 is 10.6 Å². The second-order valence-electron chi connectivity index (χ2n) is 2.54. The van der Waals surface area contributed by atoms with E-state index in [4.69, 9.17) is 0 Å². The van der Waals surface area contributed by atoms with Gasteiger partial charge >= 0.3 is 12.0 Å². The number of rotatable bonds is 5. The monoisotopic (exact) mass is 188 g/mol. The van der Waals surface area contributed by atoms with Crippen LogP contribution >= 0.6 is 0 Å². The first-order valence-electron chi connectivity index (χ1n) is 4.29. The maximum Gasteiger partial charge on any atom is 0.325 e. The molecule has 0 heterocycles. The summed E-state index contributed by atoms with van der Waals surface area (Å²) in [6.07, 6.45) is 1.96. The third-order valence-electron chi connectivity index (χ3n) is 1.44. The number of hydrogen-bond donors (Lipinski definition) is 2. The molecule has 0 aromatic carbocycles. The number of urea groups is 1. The van der Waals surface area contributed by atoms with Crippen molar-refractivity contribution in [3.63, 3.8) is 0 Å². The predicted octanol–water partition coefficient (Wildman–Crippen LogP) is 0.259. The van der Waals surface area contributed by atoms with Crippen molar-refractivity contribution in [3.05, 3.63) is 0 Å². The van der Waals surface area contributed by atoms with Gasteiger partial charge in [0.1, 0.15) is 6.54 Å². The molecule has 0 aromatic rings. The maximum absolute atomic E-state index is 10.9. The molecule has 0 aromatic heterocycles. The Labute approximate surface area is 77.8 Å². The quantitative estimate of drug-likeness (QED) is 0.480. The van der Waals surface area contributed by atoms with E-state index in [2.05, 4.69) is 15.4 Å². The molecule has 0 bridgehead atoms. The van der Waals surface area contributed by atoms with Gasteiger partial charge in [0.05, 0.1) is 7.11 Å². The van der Waals surface area contributed by atoms with Crippen LogP contribution in [0.5, 0.6) is 0 Å². The Morgan fingerprint density at radius 3 is 2.54 bits per heavy atom. The first-order valence-corrected chi connectivity index (χ1v) is 4.29. The van der Waals surface area contributed by atoms with Gasteiger partial charge in [-0.25, -0.2) is 4.79 Å². The number of ether oxygens (including phenoxy) is 1. The summed E-state index contributed by atoms with van der Waals surface area (Å²) in [5.74, 6) is -0.453. The van der Waals surface area contributed by atoms with E-state index < -0.39 is 5.97 Å². The number of methoxy groups -OCH3 is 1. The molecule has 13 heavy (non-hydrogen) atoms. The van der Waals surface area contributed by atoms with Crippen LogP contribution in [0.2, 0.25) is 0 Å². The Morgan fingerprint density at radius 2 is 2.00 bits per heavy atom. The van der Waals surface area contributed by atoms with Crippen LogP contribution in [-0.4, -0.2) is 32.2 Å². The first-order chi connectivity index (χ1) is 6.20. The van der Waals surface area contributed by atoms with E-state index >= 15 is 0 Å². The molecule has 0 spiro atoms. The van der Waals surface area contributed by atoms with Crippen LogP contribution in [0.3, 0.4) is 0 Å². The largest absolute Gasteiger partial charge is 0.468 e. The Balaban J connectivity index is 3.35. The highest BCUT2D eigenvalue weighted by molar-refractivity contribution is 5.80. The van der Waals surface area contributed by atoms with Gasteiger partial charge in [0.2, 0.25) is 0 Å². The summed E-state index contributed by atoms with van der Waals surface area (Å²) < 4.78 is 4.34. The van der Waals surface area contributed by atoms with Crippen molar-refractivity contribution in [2.24, 2.45) is 0 Å². The molecular formula is C8H16N2O3. The van der Waals surface area contributed by atoms with Gasteiger partial charge in [0.25, 0.3) is 0 Å². The minimum atomic E-state index is -0.453. The Morgan fingerprint density at radius 1 is 1.31 bits per heavy atom. The molecule has 0 aliphatic rings. The predicted molar refractivity (Wildman–Crippen MR) is 48.3 cm³/mol. The molecule has 0 aliphatic heterocycles. The highest BCUT2D eigenvalue weighted by Crippen LogP contribution is 1.81. The van der Waals surface area contributed by atoms with E-state index in [1.54, 1.807) is 0 Å². The molecule has 0 fully saturated rings. The average Bonchev–Trinajstić information content (AvgIpc) is 2.14. The number of unbranched alkanes of at least 4 members (excludes halogenated alkanes) is 1. The summed E-state index contributed by atoms with van der Waals surface area (Å²) >= 11 is 0. The lowest BCUT2D eigenvalue weighted by atomic mass is 10.3. The Kier molecular flexibility index (Phi) is 6.68. The van der Waals surface area contributed by atoms with E-state index in [0.717, 1.165) is 12.8 Å². The summed E-state index contributed by atoms with van der Waals surface area (Å²) in [6.45, 7) is 2.58. The minimum absolute atomic E-state index is 0.0888. The molecule has 0 saturated heterocycles. The van der Waals surface area contributed by atoms with Crippen molar-refractivity contribution in [1.29, 1.82) is 0 Å². The maximum atomic E-state index is 10.9. The fourth-order valence-corrected chi connectivity index (χ4v) is 0.666. The summed E-state index contributed by atoms with van der Waals surface area (Å²) in [5.41, 5.74) is 0. The van der Waals surface area contributed by atoms with Crippen LogP contribution in [0.25, 0.3) is 0 Å². The van der Waals surface area contributed by atoms with Crippen molar-refractivity contribution in [2.45, 2.75) is 19.8 Å². The molecule has 0 radical (unpaired) electrons. The van der Waals surface area contributed by atoms with Crippen molar-refractivity contribution in [2.75, 3.05) is 20.2 Å². The second kappa shape index (κ2) is 7.39. The molecule has 0 rings (SSSR count). The third-order valence-corrected chi connectivity index (χ3v) is 1.44. The van der Waals surface area contributed by atoms with E-state index in [1.807, 2.05) is 6.92 Å². The van der Waals surface area contributed by atoms with Crippen molar-refractivity contribution >= 4 is 12.0 Å². The standard InChI is InChI=1S/C8H16N2O3/c1-3-4-5-9-8(12)10-6-7(11)13-2/h3-6H2,1-2H3,(H2,9,10,12). The highest BCUT2D eigenvalue weighted by atomic mass is 16.5. The number of esters is 1. The molecule has 5 heteroatoms. The topological polar surface area (TPSA) is 67.4 Å². The van der Waals surface area contributed by atoms with Gasteiger partial charge in [-0.05, 0) is 6.42 Å². The van der Waals surface area contributed by atoms with Gasteiger partial charge in [-0.3, -0.25) is 4.79 Å². The highest BCUT2D eigenvalue weighted by Gasteiger charge is 2.02. The SMILES string of the molecule is CCCCNC(=O)NCC(=O)OC. The summed E-state index contributed by atoms with van der Waals surface area (Å²) in [6, 6.07) is -0.334. The van der Waals surface area contributed by atoms with Crippen molar-refractivity contribution in [1.82, 2.24) is 10.6 Å². The van der Waals surface area contributed by atoms with Crippen LogP contribution in [0, 0.1) is 0 Å². The van der Waals surface area contributed by atoms with Gasteiger partial charge in [0, 0.05) is 6.54 Å². The minimum Gasteiger partial charge on any atom is -0.468 e. The fraction of sp³-hybridized carbons (Fsp3) is 0.750. The lowest BCUT2D eigenvalue weighted by Crippen LogP contribution is -2.39. The van der Waals surface area contributed by atoms with Crippen LogP contribution in [-0.2, 0) is 9.53 Å². The zero-order valence-corrected chi connectivity index (χ0v) is 8.05. The molecule has 2 N–H and O–H groups in total. The van der Waals surface area contributed by atoms with E-state index in [9.17, 15) is 9.59 Å². The van der Waals surface area contributed by atoms with Gasteiger partial charge < -0.3 is 15.4 Å². The smallest absolute Gasteiger partial charge is 0.325 e. The Hall–Kier alpha value is -1.26.